The van der Waals surface area contributed by atoms with Crippen molar-refractivity contribution in [2.75, 3.05) is 4.90 Å². The molecule has 2 rings (SSSR count). The van der Waals surface area contributed by atoms with Gasteiger partial charge in [-0.2, -0.15) is 0 Å². The molecule has 1 aliphatic heterocycles. The third-order valence-electron chi connectivity index (χ3n) is 3.16. The lowest BCUT2D eigenvalue weighted by molar-refractivity contribution is -0.141. The molecule has 1 atom stereocenters. The average molecular weight is 268 g/mol. The van der Waals surface area contributed by atoms with Crippen LogP contribution in [0.2, 0.25) is 5.02 Å². The van der Waals surface area contributed by atoms with Gasteiger partial charge >= 0.3 is 5.97 Å². The minimum Gasteiger partial charge on any atom is -0.480 e. The highest BCUT2D eigenvalue weighted by Crippen LogP contribution is 2.30. The highest BCUT2D eigenvalue weighted by Gasteiger charge is 2.34. The van der Waals surface area contributed by atoms with Gasteiger partial charge in [0.15, 0.2) is 0 Å². The Balaban J connectivity index is 2.46. The van der Waals surface area contributed by atoms with Crippen molar-refractivity contribution in [1.29, 1.82) is 0 Å². The number of aliphatic carboxylic acids is 1. The first-order chi connectivity index (χ1) is 8.50. The van der Waals surface area contributed by atoms with Crippen LogP contribution in [0.15, 0.2) is 18.2 Å². The number of carboxylic acid groups (broad SMARTS) is 1. The van der Waals surface area contributed by atoms with Crippen LogP contribution in [0.4, 0.5) is 5.69 Å². The van der Waals surface area contributed by atoms with E-state index in [0.29, 0.717) is 30.0 Å². The van der Waals surface area contributed by atoms with Crippen LogP contribution in [-0.4, -0.2) is 23.0 Å². The quantitative estimate of drug-likeness (QED) is 0.896. The highest BCUT2D eigenvalue weighted by atomic mass is 35.5. The zero-order chi connectivity index (χ0) is 13.3. The van der Waals surface area contributed by atoms with Gasteiger partial charge in [-0.05, 0) is 37.5 Å². The summed E-state index contributed by atoms with van der Waals surface area (Å²) in [5.74, 6) is -1.12. The fourth-order valence-corrected chi connectivity index (χ4v) is 2.41. The second-order valence-electron chi connectivity index (χ2n) is 4.44. The van der Waals surface area contributed by atoms with E-state index in [4.69, 9.17) is 11.6 Å². The van der Waals surface area contributed by atoms with Crippen LogP contribution >= 0.6 is 11.6 Å². The van der Waals surface area contributed by atoms with Gasteiger partial charge in [-0.25, -0.2) is 4.79 Å². The van der Waals surface area contributed by atoms with Crippen molar-refractivity contribution in [3.63, 3.8) is 0 Å². The second kappa shape index (κ2) is 4.98. The number of hydrogen-bond donors (Lipinski definition) is 1. The van der Waals surface area contributed by atoms with Gasteiger partial charge in [0.05, 0.1) is 0 Å². The zero-order valence-corrected chi connectivity index (χ0v) is 10.8. The molecule has 1 aromatic carbocycles. The number of piperidine rings is 1. The lowest BCUT2D eigenvalue weighted by Gasteiger charge is -2.34. The van der Waals surface area contributed by atoms with Gasteiger partial charge in [0.25, 0.3) is 0 Å². The smallest absolute Gasteiger partial charge is 0.326 e. The Bertz CT molecular complexity index is 501. The third kappa shape index (κ3) is 2.34. The first kappa shape index (κ1) is 12.9. The summed E-state index contributed by atoms with van der Waals surface area (Å²) in [4.78, 5) is 24.6. The van der Waals surface area contributed by atoms with Crippen LogP contribution in [0, 0.1) is 6.92 Å². The number of carboxylic acids is 1. The van der Waals surface area contributed by atoms with Crippen molar-refractivity contribution in [3.8, 4) is 0 Å². The molecule has 1 unspecified atom stereocenters. The SMILES string of the molecule is Cc1ccc(Cl)cc1N1C(=O)CCCC1C(=O)O. The van der Waals surface area contributed by atoms with Crippen molar-refractivity contribution in [2.24, 2.45) is 0 Å². The number of carbonyl (C=O) groups is 2. The van der Waals surface area contributed by atoms with Crippen LogP contribution in [0.3, 0.4) is 0 Å². The number of hydrogen-bond acceptors (Lipinski definition) is 2. The van der Waals surface area contributed by atoms with Gasteiger partial charge in [-0.1, -0.05) is 17.7 Å². The van der Waals surface area contributed by atoms with Crippen molar-refractivity contribution in [3.05, 3.63) is 28.8 Å². The van der Waals surface area contributed by atoms with Gasteiger partial charge in [0.2, 0.25) is 5.91 Å². The van der Waals surface area contributed by atoms with Crippen molar-refractivity contribution in [1.82, 2.24) is 0 Å². The van der Waals surface area contributed by atoms with E-state index in [1.807, 2.05) is 6.92 Å². The number of aryl methyl sites for hydroxylation is 1. The van der Waals surface area contributed by atoms with E-state index in [2.05, 4.69) is 0 Å². The molecule has 0 aromatic heterocycles. The molecule has 4 nitrogen and oxygen atoms in total. The van der Waals surface area contributed by atoms with Crippen molar-refractivity contribution >= 4 is 29.2 Å². The highest BCUT2D eigenvalue weighted by molar-refractivity contribution is 6.31. The molecule has 1 amide bonds. The Hall–Kier alpha value is -1.55. The molecule has 1 N–H and O–H groups in total. The summed E-state index contributed by atoms with van der Waals surface area (Å²) >= 11 is 5.93. The number of halogens is 1. The number of benzene rings is 1. The summed E-state index contributed by atoms with van der Waals surface area (Å²) in [5, 5.41) is 9.72. The zero-order valence-electron chi connectivity index (χ0n) is 10.0. The van der Waals surface area contributed by atoms with Gasteiger partial charge in [0.1, 0.15) is 6.04 Å². The van der Waals surface area contributed by atoms with E-state index < -0.39 is 12.0 Å². The Kier molecular flexibility index (Phi) is 3.57. The minimum absolute atomic E-state index is 0.154. The molecule has 18 heavy (non-hydrogen) atoms. The molecule has 0 bridgehead atoms. The molecule has 5 heteroatoms. The molecule has 1 heterocycles. The standard InChI is InChI=1S/C13H14ClNO3/c1-8-5-6-9(14)7-11(8)15-10(13(17)18)3-2-4-12(15)16/h5-7,10H,2-4H2,1H3,(H,17,18). The summed E-state index contributed by atoms with van der Waals surface area (Å²) in [6.45, 7) is 1.84. The maximum absolute atomic E-state index is 12.0. The number of carbonyl (C=O) groups excluding carboxylic acids is 1. The van der Waals surface area contributed by atoms with E-state index in [1.54, 1.807) is 18.2 Å². The van der Waals surface area contributed by atoms with Gasteiger partial charge in [0, 0.05) is 17.1 Å². The molecular formula is C13H14ClNO3. The van der Waals surface area contributed by atoms with Crippen LogP contribution in [0.25, 0.3) is 0 Å². The van der Waals surface area contributed by atoms with Crippen molar-refractivity contribution in [2.45, 2.75) is 32.2 Å². The third-order valence-corrected chi connectivity index (χ3v) is 3.40. The van der Waals surface area contributed by atoms with Crippen LogP contribution in [0.1, 0.15) is 24.8 Å². The monoisotopic (exact) mass is 267 g/mol. The molecule has 0 spiro atoms. The fourth-order valence-electron chi connectivity index (χ4n) is 2.25. The summed E-state index contributed by atoms with van der Waals surface area (Å²) in [6, 6.07) is 4.38. The first-order valence-corrected chi connectivity index (χ1v) is 6.19. The summed E-state index contributed by atoms with van der Waals surface area (Å²) < 4.78 is 0. The number of rotatable bonds is 2. The van der Waals surface area contributed by atoms with E-state index in [9.17, 15) is 14.7 Å². The molecule has 1 aromatic rings. The van der Waals surface area contributed by atoms with E-state index in [1.165, 1.54) is 4.90 Å². The van der Waals surface area contributed by atoms with Crippen LogP contribution < -0.4 is 4.90 Å². The second-order valence-corrected chi connectivity index (χ2v) is 4.88. The molecule has 1 fully saturated rings. The number of amides is 1. The minimum atomic E-state index is -0.970. The Morgan fingerprint density at radius 1 is 1.50 bits per heavy atom. The molecule has 0 aliphatic carbocycles. The topological polar surface area (TPSA) is 57.6 Å². The van der Waals surface area contributed by atoms with Gasteiger partial charge in [-0.3, -0.25) is 9.69 Å². The predicted molar refractivity (Wildman–Crippen MR) is 68.9 cm³/mol. The normalized spacial score (nSPS) is 20.0. The Morgan fingerprint density at radius 3 is 2.89 bits per heavy atom. The number of nitrogens with zero attached hydrogens (tertiary/aromatic N) is 1. The summed E-state index contributed by atoms with van der Waals surface area (Å²) in [5.41, 5.74) is 1.44. The van der Waals surface area contributed by atoms with Gasteiger partial charge < -0.3 is 5.11 Å². The fraction of sp³-hybridized carbons (Fsp3) is 0.385. The summed E-state index contributed by atoms with van der Waals surface area (Å²) in [6.07, 6.45) is 1.48. The molecule has 1 aliphatic rings. The first-order valence-electron chi connectivity index (χ1n) is 5.81. The van der Waals surface area contributed by atoms with Crippen LogP contribution in [-0.2, 0) is 9.59 Å². The molecular weight excluding hydrogens is 254 g/mol. The van der Waals surface area contributed by atoms with Gasteiger partial charge in [-0.15, -0.1) is 0 Å². The van der Waals surface area contributed by atoms with E-state index in [-0.39, 0.29) is 5.91 Å². The number of anilines is 1. The maximum Gasteiger partial charge on any atom is 0.326 e. The molecule has 1 saturated heterocycles. The van der Waals surface area contributed by atoms with E-state index in [0.717, 1.165) is 5.56 Å². The van der Waals surface area contributed by atoms with Crippen molar-refractivity contribution < 1.29 is 14.7 Å². The maximum atomic E-state index is 12.0. The lowest BCUT2D eigenvalue weighted by Crippen LogP contribution is -2.48. The molecule has 96 valence electrons. The van der Waals surface area contributed by atoms with E-state index >= 15 is 0 Å². The molecule has 0 radical (unpaired) electrons. The largest absolute Gasteiger partial charge is 0.480 e. The predicted octanol–water partition coefficient (Wildman–Crippen LogP) is 2.62. The Labute approximate surface area is 110 Å². The Morgan fingerprint density at radius 2 is 2.22 bits per heavy atom. The average Bonchev–Trinajstić information content (AvgIpc) is 2.32. The van der Waals surface area contributed by atoms with Crippen LogP contribution in [0.5, 0.6) is 0 Å². The lowest BCUT2D eigenvalue weighted by atomic mass is 9.99. The molecule has 0 saturated carbocycles. The summed E-state index contributed by atoms with van der Waals surface area (Å²) in [7, 11) is 0.